The molecule has 0 heterocycles. The van der Waals surface area contributed by atoms with Crippen LogP contribution in [0.25, 0.3) is 0 Å². The topological polar surface area (TPSA) is 72.2 Å². The normalized spacial score (nSPS) is 18.2. The highest BCUT2D eigenvalue weighted by Gasteiger charge is 2.25. The number of halogens is 2. The zero-order valence-electron chi connectivity index (χ0n) is 11.7. The summed E-state index contributed by atoms with van der Waals surface area (Å²) < 4.78 is 29.3. The van der Waals surface area contributed by atoms with Crippen LogP contribution in [0, 0.1) is 0 Å². The molecule has 2 rings (SSSR count). The van der Waals surface area contributed by atoms with E-state index in [0.29, 0.717) is 4.47 Å². The molecule has 0 amide bonds. The van der Waals surface area contributed by atoms with Gasteiger partial charge in [0, 0.05) is 15.0 Å². The Bertz CT molecular complexity index is 574. The Hall–Kier alpha value is -0.110. The molecule has 7 heteroatoms. The maximum Gasteiger partial charge on any atom is 0.243 e. The minimum absolute atomic E-state index is 0.00486. The molecule has 1 aromatic carbocycles. The first-order chi connectivity index (χ1) is 9.90. The molecule has 21 heavy (non-hydrogen) atoms. The van der Waals surface area contributed by atoms with Crippen molar-refractivity contribution >= 4 is 47.6 Å². The van der Waals surface area contributed by atoms with E-state index in [2.05, 4.69) is 36.6 Å². The summed E-state index contributed by atoms with van der Waals surface area (Å²) in [5.74, 6) is 0. The van der Waals surface area contributed by atoms with Crippen LogP contribution in [0.5, 0.6) is 0 Å². The predicted molar refractivity (Wildman–Crippen MR) is 92.7 cm³/mol. The van der Waals surface area contributed by atoms with Crippen LogP contribution in [0.4, 0.5) is 5.69 Å². The molecule has 0 saturated heterocycles. The first kappa shape index (κ1) is 17.2. The van der Waals surface area contributed by atoms with Gasteiger partial charge in [0.25, 0.3) is 0 Å². The number of nitrogen functional groups attached to an aromatic ring is 1. The average Bonchev–Trinajstić information content (AvgIpc) is 2.30. The molecular weight excluding hydrogens is 420 g/mol. The summed E-state index contributed by atoms with van der Waals surface area (Å²) in [4.78, 5) is 0.132. The van der Waals surface area contributed by atoms with E-state index in [9.17, 15) is 8.42 Å². The third kappa shape index (κ3) is 4.68. The molecule has 4 nitrogen and oxygen atoms in total. The lowest BCUT2D eigenvalue weighted by Gasteiger charge is -2.22. The van der Waals surface area contributed by atoms with Crippen LogP contribution in [0.1, 0.15) is 44.9 Å². The van der Waals surface area contributed by atoms with E-state index in [1.165, 1.54) is 19.3 Å². The molecule has 1 aromatic rings. The van der Waals surface area contributed by atoms with Crippen molar-refractivity contribution in [2.45, 2.75) is 55.9 Å². The zero-order valence-corrected chi connectivity index (χ0v) is 15.7. The monoisotopic (exact) mass is 438 g/mol. The molecule has 118 valence electrons. The summed E-state index contributed by atoms with van der Waals surface area (Å²) in [6, 6.07) is 3.31. The van der Waals surface area contributed by atoms with E-state index in [-0.39, 0.29) is 16.6 Å². The minimum Gasteiger partial charge on any atom is -0.398 e. The van der Waals surface area contributed by atoms with Crippen molar-refractivity contribution in [3.05, 3.63) is 21.1 Å². The molecule has 0 bridgehead atoms. The van der Waals surface area contributed by atoms with Gasteiger partial charge in [-0.1, -0.05) is 48.0 Å². The van der Waals surface area contributed by atoms with Gasteiger partial charge < -0.3 is 5.73 Å². The van der Waals surface area contributed by atoms with Crippen LogP contribution in [-0.4, -0.2) is 14.5 Å². The summed E-state index contributed by atoms with van der Waals surface area (Å²) in [5, 5.41) is 0. The fourth-order valence-electron chi connectivity index (χ4n) is 2.72. The number of rotatable bonds is 3. The molecule has 0 atom stereocenters. The van der Waals surface area contributed by atoms with Crippen molar-refractivity contribution in [2.24, 2.45) is 0 Å². The molecule has 0 unspecified atom stereocenters. The maximum absolute atomic E-state index is 12.6. The Kier molecular flexibility index (Phi) is 6.11. The molecular formula is C14H20Br2N2O2S. The number of anilines is 1. The van der Waals surface area contributed by atoms with Crippen LogP contribution in [0.15, 0.2) is 26.0 Å². The second-order valence-corrected chi connectivity index (χ2v) is 8.89. The molecule has 3 N–H and O–H groups in total. The van der Waals surface area contributed by atoms with Gasteiger partial charge in [0.05, 0.1) is 5.69 Å². The zero-order chi connectivity index (χ0) is 15.5. The van der Waals surface area contributed by atoms with Gasteiger partial charge in [0.15, 0.2) is 0 Å². The van der Waals surface area contributed by atoms with Crippen molar-refractivity contribution in [3.63, 3.8) is 0 Å². The third-order valence-corrected chi connectivity index (χ3v) is 6.72. The Morgan fingerprint density at radius 2 is 1.62 bits per heavy atom. The van der Waals surface area contributed by atoms with E-state index < -0.39 is 10.0 Å². The van der Waals surface area contributed by atoms with E-state index >= 15 is 0 Å². The fourth-order valence-corrected chi connectivity index (χ4v) is 6.09. The summed E-state index contributed by atoms with van der Waals surface area (Å²) in [6.45, 7) is 0. The summed E-state index contributed by atoms with van der Waals surface area (Å²) in [6.07, 6.45) is 7.56. The number of sulfonamides is 1. The SMILES string of the molecule is Nc1cc(Br)cc(Br)c1S(=O)(=O)NC1CCCCCCC1. The molecule has 1 saturated carbocycles. The highest BCUT2D eigenvalue weighted by atomic mass is 79.9. The van der Waals surface area contributed by atoms with Gasteiger partial charge in [-0.2, -0.15) is 0 Å². The largest absolute Gasteiger partial charge is 0.398 e. The summed E-state index contributed by atoms with van der Waals surface area (Å²) >= 11 is 6.60. The number of benzene rings is 1. The minimum atomic E-state index is -3.61. The summed E-state index contributed by atoms with van der Waals surface area (Å²) in [5.41, 5.74) is 6.14. The van der Waals surface area contributed by atoms with Crippen LogP contribution >= 0.6 is 31.9 Å². The molecule has 0 spiro atoms. The van der Waals surface area contributed by atoms with E-state index in [1.54, 1.807) is 12.1 Å². The Balaban J connectivity index is 2.21. The maximum atomic E-state index is 12.6. The lowest BCUT2D eigenvalue weighted by atomic mass is 9.97. The Morgan fingerprint density at radius 1 is 1.05 bits per heavy atom. The number of nitrogens with two attached hydrogens (primary N) is 1. The molecule has 1 aliphatic carbocycles. The van der Waals surface area contributed by atoms with Crippen LogP contribution in [-0.2, 0) is 10.0 Å². The van der Waals surface area contributed by atoms with Gasteiger partial charge in [-0.3, -0.25) is 0 Å². The van der Waals surface area contributed by atoms with Gasteiger partial charge in [-0.05, 0) is 40.9 Å². The molecule has 1 aliphatic rings. The van der Waals surface area contributed by atoms with E-state index in [4.69, 9.17) is 5.73 Å². The first-order valence-electron chi connectivity index (χ1n) is 7.17. The average molecular weight is 440 g/mol. The highest BCUT2D eigenvalue weighted by Crippen LogP contribution is 2.32. The van der Waals surface area contributed by atoms with Crippen LogP contribution in [0.3, 0.4) is 0 Å². The Morgan fingerprint density at radius 3 is 2.19 bits per heavy atom. The Labute approximate surface area is 143 Å². The second kappa shape index (κ2) is 7.44. The number of hydrogen-bond donors (Lipinski definition) is 2. The second-order valence-electron chi connectivity index (χ2n) is 5.47. The van der Waals surface area contributed by atoms with E-state index in [0.717, 1.165) is 30.2 Å². The van der Waals surface area contributed by atoms with Crippen molar-refractivity contribution in [2.75, 3.05) is 5.73 Å². The fraction of sp³-hybridized carbons (Fsp3) is 0.571. The standard InChI is InChI=1S/C14H20Br2N2O2S/c15-10-8-12(16)14(13(17)9-10)21(19,20)18-11-6-4-2-1-3-5-7-11/h8-9,11,18H,1-7,17H2. The molecule has 0 aliphatic heterocycles. The molecule has 1 fully saturated rings. The van der Waals surface area contributed by atoms with Gasteiger partial charge in [0.1, 0.15) is 4.90 Å². The lowest BCUT2D eigenvalue weighted by Crippen LogP contribution is -2.35. The van der Waals surface area contributed by atoms with Gasteiger partial charge in [-0.15, -0.1) is 0 Å². The van der Waals surface area contributed by atoms with Crippen LogP contribution in [0.2, 0.25) is 0 Å². The first-order valence-corrected chi connectivity index (χ1v) is 10.2. The van der Waals surface area contributed by atoms with Gasteiger partial charge in [-0.25, -0.2) is 13.1 Å². The van der Waals surface area contributed by atoms with Crippen molar-refractivity contribution < 1.29 is 8.42 Å². The lowest BCUT2D eigenvalue weighted by molar-refractivity contribution is 0.426. The van der Waals surface area contributed by atoms with Crippen molar-refractivity contribution in [1.29, 1.82) is 0 Å². The molecule has 0 radical (unpaired) electrons. The van der Waals surface area contributed by atoms with Gasteiger partial charge >= 0.3 is 0 Å². The van der Waals surface area contributed by atoms with Gasteiger partial charge in [0.2, 0.25) is 10.0 Å². The summed E-state index contributed by atoms with van der Waals surface area (Å²) in [7, 11) is -3.61. The smallest absolute Gasteiger partial charge is 0.243 e. The quantitative estimate of drug-likeness (QED) is 0.693. The van der Waals surface area contributed by atoms with Crippen molar-refractivity contribution in [3.8, 4) is 0 Å². The van der Waals surface area contributed by atoms with E-state index in [1.807, 2.05) is 0 Å². The number of hydrogen-bond acceptors (Lipinski definition) is 3. The predicted octanol–water partition coefficient (Wildman–Crippen LogP) is 4.19. The molecule has 0 aromatic heterocycles. The number of nitrogens with one attached hydrogen (secondary N) is 1. The van der Waals surface area contributed by atoms with Crippen molar-refractivity contribution in [1.82, 2.24) is 4.72 Å². The third-order valence-electron chi connectivity index (χ3n) is 3.73. The van der Waals surface area contributed by atoms with Crippen LogP contribution < -0.4 is 10.5 Å². The highest BCUT2D eigenvalue weighted by molar-refractivity contribution is 9.11.